The third kappa shape index (κ3) is 4.52. The smallest absolute Gasteiger partial charge is 0.161 e. The molecule has 0 aromatic heterocycles. The molecular formula is C24H25BrN2O2S. The minimum atomic E-state index is -1.25. The first-order valence-electron chi connectivity index (χ1n) is 9.97. The van der Waals surface area contributed by atoms with Crippen LogP contribution < -0.4 is 10.5 Å². The van der Waals surface area contributed by atoms with Gasteiger partial charge in [0.15, 0.2) is 5.60 Å². The van der Waals surface area contributed by atoms with Crippen molar-refractivity contribution in [3.8, 4) is 5.75 Å². The maximum atomic E-state index is 13.2. The highest BCUT2D eigenvalue weighted by Crippen LogP contribution is 2.40. The molecule has 4 nitrogen and oxygen atoms in total. The SMILES string of the molecule is C[C@@H](N)Cc1cccc(S(=O)N2CC(Oc3ccccc3Br)(c3ccccc3)C2)c1. The van der Waals surface area contributed by atoms with Crippen LogP contribution in [0.25, 0.3) is 0 Å². The van der Waals surface area contributed by atoms with E-state index in [4.69, 9.17) is 10.5 Å². The fourth-order valence-electron chi connectivity index (χ4n) is 3.73. The number of rotatable bonds is 7. The molecule has 0 amide bonds. The van der Waals surface area contributed by atoms with Gasteiger partial charge in [0.2, 0.25) is 0 Å². The molecule has 1 fully saturated rings. The number of halogens is 1. The topological polar surface area (TPSA) is 55.6 Å². The molecule has 1 saturated heterocycles. The van der Waals surface area contributed by atoms with E-state index in [0.717, 1.165) is 32.7 Å². The summed E-state index contributed by atoms with van der Waals surface area (Å²) >= 11 is 3.57. The summed E-state index contributed by atoms with van der Waals surface area (Å²) in [6.07, 6.45) is 0.768. The average Bonchev–Trinajstić information content (AvgIpc) is 2.71. The fraction of sp³-hybridized carbons (Fsp3) is 0.250. The third-order valence-corrected chi connectivity index (χ3v) is 7.24. The zero-order chi connectivity index (χ0) is 21.1. The van der Waals surface area contributed by atoms with E-state index >= 15 is 0 Å². The van der Waals surface area contributed by atoms with Crippen LogP contribution in [-0.4, -0.2) is 27.6 Å². The molecule has 0 bridgehead atoms. The minimum absolute atomic E-state index is 0.0705. The first-order chi connectivity index (χ1) is 14.5. The van der Waals surface area contributed by atoms with Gasteiger partial charge in [-0.25, -0.2) is 8.51 Å². The van der Waals surface area contributed by atoms with Crippen LogP contribution in [0.2, 0.25) is 0 Å². The molecule has 4 rings (SSSR count). The molecule has 0 saturated carbocycles. The second-order valence-electron chi connectivity index (χ2n) is 7.77. The van der Waals surface area contributed by atoms with Crippen molar-refractivity contribution >= 4 is 26.9 Å². The van der Waals surface area contributed by atoms with E-state index in [1.807, 2.05) is 78.0 Å². The highest BCUT2D eigenvalue weighted by atomic mass is 79.9. The van der Waals surface area contributed by atoms with Gasteiger partial charge in [-0.05, 0) is 64.7 Å². The average molecular weight is 485 g/mol. The van der Waals surface area contributed by atoms with Gasteiger partial charge in [-0.3, -0.25) is 0 Å². The summed E-state index contributed by atoms with van der Waals surface area (Å²) in [5.74, 6) is 0.783. The van der Waals surface area contributed by atoms with E-state index in [2.05, 4.69) is 28.1 Å². The van der Waals surface area contributed by atoms with Crippen molar-refractivity contribution in [2.45, 2.75) is 29.9 Å². The summed E-state index contributed by atoms with van der Waals surface area (Å²) in [7, 11) is -1.25. The second kappa shape index (κ2) is 9.02. The Morgan fingerprint density at radius 1 is 1.07 bits per heavy atom. The van der Waals surface area contributed by atoms with Crippen molar-refractivity contribution in [3.63, 3.8) is 0 Å². The summed E-state index contributed by atoms with van der Waals surface area (Å²) < 4.78 is 22.6. The fourth-order valence-corrected chi connectivity index (χ4v) is 5.49. The Labute approximate surface area is 188 Å². The molecule has 2 atom stereocenters. The monoisotopic (exact) mass is 484 g/mol. The molecule has 1 aliphatic heterocycles. The molecular weight excluding hydrogens is 460 g/mol. The van der Waals surface area contributed by atoms with Crippen LogP contribution in [0.3, 0.4) is 0 Å². The predicted octanol–water partition coefficient (Wildman–Crippen LogP) is 4.65. The lowest BCUT2D eigenvalue weighted by Crippen LogP contribution is -2.62. The number of ether oxygens (including phenoxy) is 1. The van der Waals surface area contributed by atoms with Crippen molar-refractivity contribution in [2.24, 2.45) is 5.73 Å². The first-order valence-corrected chi connectivity index (χ1v) is 11.9. The van der Waals surface area contributed by atoms with Gasteiger partial charge in [0, 0.05) is 6.04 Å². The highest BCUT2D eigenvalue weighted by molar-refractivity contribution is 9.10. The molecule has 2 N–H and O–H groups in total. The van der Waals surface area contributed by atoms with Crippen LogP contribution in [0.5, 0.6) is 5.75 Å². The van der Waals surface area contributed by atoms with Crippen molar-refractivity contribution in [3.05, 3.63) is 94.5 Å². The first kappa shape index (κ1) is 21.2. The number of benzene rings is 3. The normalized spacial score (nSPS) is 17.7. The quantitative estimate of drug-likeness (QED) is 0.530. The van der Waals surface area contributed by atoms with E-state index < -0.39 is 16.6 Å². The van der Waals surface area contributed by atoms with E-state index in [-0.39, 0.29) is 6.04 Å². The summed E-state index contributed by atoms with van der Waals surface area (Å²) in [6, 6.07) is 26.0. The van der Waals surface area contributed by atoms with Gasteiger partial charge in [0.05, 0.1) is 22.5 Å². The Balaban J connectivity index is 1.56. The molecule has 1 unspecified atom stereocenters. The maximum absolute atomic E-state index is 13.2. The Morgan fingerprint density at radius 3 is 2.47 bits per heavy atom. The third-order valence-electron chi connectivity index (χ3n) is 5.20. The molecule has 1 aliphatic rings. The van der Waals surface area contributed by atoms with E-state index in [1.54, 1.807) is 0 Å². The van der Waals surface area contributed by atoms with Crippen LogP contribution in [0.15, 0.2) is 88.2 Å². The number of hydrogen-bond donors (Lipinski definition) is 1. The summed E-state index contributed by atoms with van der Waals surface area (Å²) in [4.78, 5) is 0.802. The van der Waals surface area contributed by atoms with Gasteiger partial charge in [0.25, 0.3) is 0 Å². The molecule has 0 spiro atoms. The Morgan fingerprint density at radius 2 is 1.77 bits per heavy atom. The lowest BCUT2D eigenvalue weighted by Gasteiger charge is -2.49. The zero-order valence-electron chi connectivity index (χ0n) is 16.8. The summed E-state index contributed by atoms with van der Waals surface area (Å²) in [6.45, 7) is 3.07. The lowest BCUT2D eigenvalue weighted by atomic mass is 9.87. The molecule has 6 heteroatoms. The van der Waals surface area contributed by atoms with E-state index in [0.29, 0.717) is 13.1 Å². The summed E-state index contributed by atoms with van der Waals surface area (Å²) in [5, 5.41) is 0. The lowest BCUT2D eigenvalue weighted by molar-refractivity contribution is -0.0393. The van der Waals surface area contributed by atoms with Gasteiger partial charge in [0.1, 0.15) is 16.7 Å². The minimum Gasteiger partial charge on any atom is -0.479 e. The van der Waals surface area contributed by atoms with Gasteiger partial charge < -0.3 is 10.5 Å². The van der Waals surface area contributed by atoms with Crippen LogP contribution >= 0.6 is 15.9 Å². The van der Waals surface area contributed by atoms with Crippen LogP contribution in [-0.2, 0) is 23.0 Å². The van der Waals surface area contributed by atoms with Gasteiger partial charge in [-0.2, -0.15) is 0 Å². The van der Waals surface area contributed by atoms with Gasteiger partial charge in [-0.15, -0.1) is 0 Å². The number of nitrogens with two attached hydrogens (primary N) is 1. The molecule has 0 aliphatic carbocycles. The van der Waals surface area contributed by atoms with Crippen molar-refractivity contribution in [1.82, 2.24) is 4.31 Å². The molecule has 1 heterocycles. The predicted molar refractivity (Wildman–Crippen MR) is 125 cm³/mol. The molecule has 3 aromatic rings. The maximum Gasteiger partial charge on any atom is 0.161 e. The van der Waals surface area contributed by atoms with E-state index in [9.17, 15) is 4.21 Å². The highest BCUT2D eigenvalue weighted by Gasteiger charge is 2.49. The molecule has 156 valence electrons. The standard InChI is InChI=1S/C24H25BrN2O2S/c1-18(26)14-19-8-7-11-21(15-19)30(28)27-16-24(17-27,20-9-3-2-4-10-20)29-23-13-6-5-12-22(23)25/h2-13,15,18H,14,16-17,26H2,1H3/t18-,30?/m1/s1. The Kier molecular flexibility index (Phi) is 6.39. The van der Waals surface area contributed by atoms with Gasteiger partial charge >= 0.3 is 0 Å². The van der Waals surface area contributed by atoms with Crippen molar-refractivity contribution in [2.75, 3.05) is 13.1 Å². The van der Waals surface area contributed by atoms with Crippen LogP contribution in [0.4, 0.5) is 0 Å². The van der Waals surface area contributed by atoms with Crippen molar-refractivity contribution in [1.29, 1.82) is 0 Å². The van der Waals surface area contributed by atoms with Crippen LogP contribution in [0.1, 0.15) is 18.1 Å². The zero-order valence-corrected chi connectivity index (χ0v) is 19.2. The van der Waals surface area contributed by atoms with Crippen molar-refractivity contribution < 1.29 is 8.95 Å². The second-order valence-corrected chi connectivity index (χ2v) is 10.1. The number of hydrogen-bond acceptors (Lipinski definition) is 3. The summed E-state index contributed by atoms with van der Waals surface area (Å²) in [5.41, 5.74) is 7.58. The number of nitrogens with zero attached hydrogens (tertiary/aromatic N) is 1. The van der Waals surface area contributed by atoms with Gasteiger partial charge in [-0.1, -0.05) is 54.6 Å². The molecule has 3 aromatic carbocycles. The molecule has 30 heavy (non-hydrogen) atoms. The number of para-hydroxylation sites is 1. The Bertz CT molecular complexity index is 1040. The largest absolute Gasteiger partial charge is 0.479 e. The van der Waals surface area contributed by atoms with Crippen LogP contribution in [0, 0.1) is 0 Å². The Hall–Kier alpha value is -1.99. The molecule has 0 radical (unpaired) electrons. The van der Waals surface area contributed by atoms with E-state index in [1.165, 1.54) is 0 Å².